The van der Waals surface area contributed by atoms with Gasteiger partial charge in [0.15, 0.2) is 0 Å². The summed E-state index contributed by atoms with van der Waals surface area (Å²) >= 11 is 0. The number of ether oxygens (including phenoxy) is 2. The average molecular weight is 395 g/mol. The Labute approximate surface area is 172 Å². The molecule has 0 spiro atoms. The molecule has 2 aliphatic heterocycles. The van der Waals surface area contributed by atoms with Crippen LogP contribution >= 0.6 is 0 Å². The first-order valence-electron chi connectivity index (χ1n) is 10.2. The number of amides is 1. The lowest BCUT2D eigenvalue weighted by Crippen LogP contribution is -2.63. The first-order chi connectivity index (χ1) is 13.8. The minimum atomic E-state index is -0.998. The molecule has 2 fully saturated rings. The van der Waals surface area contributed by atoms with E-state index in [-0.39, 0.29) is 18.2 Å². The van der Waals surface area contributed by atoms with Crippen LogP contribution in [0.4, 0.5) is 4.79 Å². The molecule has 2 saturated heterocycles. The van der Waals surface area contributed by atoms with Crippen molar-refractivity contribution in [1.82, 2.24) is 4.90 Å². The predicted octanol–water partition coefficient (Wildman–Crippen LogP) is 4.34. The van der Waals surface area contributed by atoms with Crippen LogP contribution in [0.25, 0.3) is 11.1 Å². The van der Waals surface area contributed by atoms with E-state index in [9.17, 15) is 9.90 Å². The summed E-state index contributed by atoms with van der Waals surface area (Å²) in [6, 6.07) is 17.8. The van der Waals surface area contributed by atoms with Crippen LogP contribution in [0, 0.1) is 0 Å². The highest BCUT2D eigenvalue weighted by Gasteiger charge is 2.49. The van der Waals surface area contributed by atoms with Crippen LogP contribution in [0.5, 0.6) is 0 Å². The van der Waals surface area contributed by atoms with E-state index in [1.54, 1.807) is 4.90 Å². The van der Waals surface area contributed by atoms with Crippen molar-refractivity contribution in [1.29, 1.82) is 0 Å². The van der Waals surface area contributed by atoms with Crippen molar-refractivity contribution >= 4 is 6.09 Å². The van der Waals surface area contributed by atoms with Gasteiger partial charge in [0.25, 0.3) is 0 Å². The predicted molar refractivity (Wildman–Crippen MR) is 111 cm³/mol. The van der Waals surface area contributed by atoms with E-state index in [0.29, 0.717) is 26.1 Å². The topological polar surface area (TPSA) is 59.0 Å². The molecular weight excluding hydrogens is 366 g/mol. The van der Waals surface area contributed by atoms with Gasteiger partial charge in [-0.05, 0) is 43.5 Å². The maximum atomic E-state index is 12.8. The van der Waals surface area contributed by atoms with Crippen molar-refractivity contribution in [2.75, 3.05) is 13.2 Å². The Morgan fingerprint density at radius 3 is 2.28 bits per heavy atom. The maximum absolute atomic E-state index is 12.8. The number of carbonyl (C=O) groups is 1. The number of rotatable bonds is 2. The van der Waals surface area contributed by atoms with Gasteiger partial charge in [0.05, 0.1) is 30.9 Å². The first kappa shape index (κ1) is 19.9. The number of carbonyl (C=O) groups excluding carboxylic acids is 1. The molecule has 1 N–H and O–H groups in total. The summed E-state index contributed by atoms with van der Waals surface area (Å²) in [6.45, 7) is 6.43. The highest BCUT2D eigenvalue weighted by Crippen LogP contribution is 2.42. The molecule has 2 bridgehead atoms. The summed E-state index contributed by atoms with van der Waals surface area (Å²) in [4.78, 5) is 14.6. The molecule has 1 amide bonds. The van der Waals surface area contributed by atoms with Gasteiger partial charge in [0, 0.05) is 12.8 Å². The second-order valence-corrected chi connectivity index (χ2v) is 9.12. The van der Waals surface area contributed by atoms with Crippen LogP contribution in [0.15, 0.2) is 54.6 Å². The van der Waals surface area contributed by atoms with E-state index in [1.807, 2.05) is 51.1 Å². The second kappa shape index (κ2) is 7.47. The number of benzene rings is 2. The van der Waals surface area contributed by atoms with Gasteiger partial charge in [0.2, 0.25) is 0 Å². The molecule has 2 aromatic carbocycles. The van der Waals surface area contributed by atoms with Crippen LogP contribution < -0.4 is 0 Å². The molecule has 2 unspecified atom stereocenters. The van der Waals surface area contributed by atoms with Gasteiger partial charge in [-0.15, -0.1) is 0 Å². The molecule has 2 heterocycles. The molecule has 0 radical (unpaired) electrons. The van der Waals surface area contributed by atoms with Gasteiger partial charge in [-0.1, -0.05) is 48.5 Å². The maximum Gasteiger partial charge on any atom is 0.410 e. The van der Waals surface area contributed by atoms with E-state index in [2.05, 4.69) is 24.3 Å². The lowest BCUT2D eigenvalue weighted by molar-refractivity contribution is -0.141. The van der Waals surface area contributed by atoms with Crippen molar-refractivity contribution in [2.24, 2.45) is 0 Å². The van der Waals surface area contributed by atoms with E-state index in [4.69, 9.17) is 9.47 Å². The summed E-state index contributed by atoms with van der Waals surface area (Å²) in [5, 5.41) is 11.6. The van der Waals surface area contributed by atoms with Gasteiger partial charge in [-0.2, -0.15) is 0 Å². The van der Waals surface area contributed by atoms with E-state index in [1.165, 1.54) is 0 Å². The van der Waals surface area contributed by atoms with Crippen LogP contribution in [-0.2, 0) is 15.1 Å². The molecule has 2 aromatic rings. The molecule has 0 aliphatic carbocycles. The van der Waals surface area contributed by atoms with Gasteiger partial charge >= 0.3 is 6.09 Å². The monoisotopic (exact) mass is 395 g/mol. The SMILES string of the molecule is CC(C)(C)OC(=O)N1C2COCC1CC(O)(c1cccc(-c3ccccc3)c1)C2. The van der Waals surface area contributed by atoms with Gasteiger partial charge in [-0.25, -0.2) is 4.79 Å². The van der Waals surface area contributed by atoms with Crippen molar-refractivity contribution in [3.63, 3.8) is 0 Å². The normalized spacial score (nSPS) is 26.8. The van der Waals surface area contributed by atoms with Crippen LogP contribution in [-0.4, -0.2) is 47.0 Å². The number of aliphatic hydroxyl groups is 1. The molecule has 154 valence electrons. The van der Waals surface area contributed by atoms with Gasteiger partial charge < -0.3 is 14.6 Å². The molecule has 5 heteroatoms. The van der Waals surface area contributed by atoms with Crippen molar-refractivity contribution < 1.29 is 19.4 Å². The lowest BCUT2D eigenvalue weighted by atomic mass is 9.76. The van der Waals surface area contributed by atoms with Crippen molar-refractivity contribution in [2.45, 2.75) is 56.9 Å². The number of hydrogen-bond donors (Lipinski definition) is 1. The third-order valence-corrected chi connectivity index (χ3v) is 5.67. The minimum absolute atomic E-state index is 0.206. The molecule has 4 rings (SSSR count). The average Bonchev–Trinajstić information content (AvgIpc) is 2.67. The quantitative estimate of drug-likeness (QED) is 0.822. The number of hydrogen-bond acceptors (Lipinski definition) is 4. The molecule has 29 heavy (non-hydrogen) atoms. The molecule has 2 aliphatic rings. The van der Waals surface area contributed by atoms with Gasteiger partial charge in [-0.3, -0.25) is 4.90 Å². The van der Waals surface area contributed by atoms with Gasteiger partial charge in [0.1, 0.15) is 5.60 Å². The summed E-state index contributed by atoms with van der Waals surface area (Å²) in [6.07, 6.45) is 0.540. The fourth-order valence-corrected chi connectivity index (χ4v) is 4.44. The lowest BCUT2D eigenvalue weighted by Gasteiger charge is -2.51. The fourth-order valence-electron chi connectivity index (χ4n) is 4.44. The highest BCUT2D eigenvalue weighted by atomic mass is 16.6. The second-order valence-electron chi connectivity index (χ2n) is 9.12. The largest absolute Gasteiger partial charge is 0.444 e. The zero-order valence-corrected chi connectivity index (χ0v) is 17.3. The van der Waals surface area contributed by atoms with E-state index >= 15 is 0 Å². The molecule has 2 atom stereocenters. The Balaban J connectivity index is 1.60. The molecule has 5 nitrogen and oxygen atoms in total. The first-order valence-corrected chi connectivity index (χ1v) is 10.2. The van der Waals surface area contributed by atoms with Crippen LogP contribution in [0.3, 0.4) is 0 Å². The smallest absolute Gasteiger partial charge is 0.410 e. The third-order valence-electron chi connectivity index (χ3n) is 5.67. The Morgan fingerprint density at radius 2 is 1.66 bits per heavy atom. The summed E-state index contributed by atoms with van der Waals surface area (Å²) in [7, 11) is 0. The third kappa shape index (κ3) is 4.16. The van der Waals surface area contributed by atoms with Crippen LogP contribution in [0.1, 0.15) is 39.2 Å². The Bertz CT molecular complexity index is 860. The standard InChI is InChI=1S/C24H29NO4/c1-23(2,3)29-22(26)25-20-13-24(27,14-21(25)16-28-15-20)19-11-7-10-18(12-19)17-8-5-4-6-9-17/h4-12,20-21,27H,13-16H2,1-3H3. The molecule has 0 aromatic heterocycles. The zero-order valence-electron chi connectivity index (χ0n) is 17.3. The van der Waals surface area contributed by atoms with Crippen molar-refractivity contribution in [3.8, 4) is 11.1 Å². The summed E-state index contributed by atoms with van der Waals surface area (Å²) < 4.78 is 11.3. The Morgan fingerprint density at radius 1 is 1.03 bits per heavy atom. The number of morpholine rings is 1. The number of fused-ring (bicyclic) bond motifs is 2. The zero-order chi connectivity index (χ0) is 20.6. The summed E-state index contributed by atoms with van der Waals surface area (Å²) in [5.74, 6) is 0. The minimum Gasteiger partial charge on any atom is -0.444 e. The summed E-state index contributed by atoms with van der Waals surface area (Å²) in [5.41, 5.74) is 1.53. The van der Waals surface area contributed by atoms with Crippen molar-refractivity contribution in [3.05, 3.63) is 60.2 Å². The number of piperidine rings is 1. The highest BCUT2D eigenvalue weighted by molar-refractivity contribution is 5.70. The number of nitrogens with zero attached hydrogens (tertiary/aromatic N) is 1. The fraction of sp³-hybridized carbons (Fsp3) is 0.458. The Hall–Kier alpha value is -2.37. The molecular formula is C24H29NO4. The Kier molecular flexibility index (Phi) is 5.13. The van der Waals surface area contributed by atoms with Crippen LogP contribution in [0.2, 0.25) is 0 Å². The van der Waals surface area contributed by atoms with E-state index in [0.717, 1.165) is 16.7 Å². The van der Waals surface area contributed by atoms with E-state index < -0.39 is 11.2 Å². The molecule has 0 saturated carbocycles.